The highest BCUT2D eigenvalue weighted by atomic mass is 16.8. The van der Waals surface area contributed by atoms with Crippen molar-refractivity contribution in [3.63, 3.8) is 0 Å². The smallest absolute Gasteiger partial charge is 0.229 e. The van der Waals surface area contributed by atoms with Gasteiger partial charge in [0.25, 0.3) is 0 Å². The number of ether oxygens (including phenoxy) is 6. The number of phenolic OH excluding ortho intramolecular Hbond substituents is 2. The molecule has 8 N–H and O–H groups in total. The second-order valence-corrected chi connectivity index (χ2v) is 10.6. The van der Waals surface area contributed by atoms with Crippen LogP contribution in [-0.4, -0.2) is 123 Å². The first-order chi connectivity index (χ1) is 21.4. The van der Waals surface area contributed by atoms with Gasteiger partial charge in [0.2, 0.25) is 12.0 Å². The van der Waals surface area contributed by atoms with E-state index in [1.54, 1.807) is 0 Å². The lowest BCUT2D eigenvalue weighted by Gasteiger charge is -2.45. The molecule has 246 valence electrons. The summed E-state index contributed by atoms with van der Waals surface area (Å²) in [6.07, 6.45) is -15.6. The van der Waals surface area contributed by atoms with Crippen LogP contribution in [0.1, 0.15) is 6.92 Å². The third kappa shape index (κ3) is 6.11. The van der Waals surface area contributed by atoms with E-state index >= 15 is 0 Å². The summed E-state index contributed by atoms with van der Waals surface area (Å²) in [5.74, 6) is -0.912. The molecular weight excluding hydrogens is 604 g/mol. The van der Waals surface area contributed by atoms with Crippen LogP contribution in [0.2, 0.25) is 0 Å². The number of aliphatic hydroxyl groups is 6. The van der Waals surface area contributed by atoms with Crippen LogP contribution in [0.4, 0.5) is 0 Å². The average Bonchev–Trinajstić information content (AvgIpc) is 3.01. The van der Waals surface area contributed by atoms with Gasteiger partial charge in [0.1, 0.15) is 64.9 Å². The van der Waals surface area contributed by atoms with Crippen LogP contribution < -0.4 is 19.6 Å². The van der Waals surface area contributed by atoms with Gasteiger partial charge >= 0.3 is 0 Å². The van der Waals surface area contributed by atoms with Crippen LogP contribution in [0.25, 0.3) is 22.3 Å². The molecule has 2 aliphatic rings. The molecule has 5 rings (SSSR count). The molecule has 0 aliphatic carbocycles. The Hall–Kier alpha value is -3.71. The molecule has 0 saturated carbocycles. The maximum absolute atomic E-state index is 13.0. The number of methoxy groups -OCH3 is 2. The molecule has 2 fully saturated rings. The monoisotopic (exact) mass is 638 g/mol. The van der Waals surface area contributed by atoms with E-state index in [2.05, 4.69) is 0 Å². The first-order valence-electron chi connectivity index (χ1n) is 13.8. The molecule has 2 aliphatic heterocycles. The van der Waals surface area contributed by atoms with Gasteiger partial charge in [0, 0.05) is 23.8 Å². The van der Waals surface area contributed by atoms with E-state index in [1.165, 1.54) is 39.3 Å². The van der Waals surface area contributed by atoms with Gasteiger partial charge < -0.3 is 73.7 Å². The fourth-order valence-electron chi connectivity index (χ4n) is 5.20. The summed E-state index contributed by atoms with van der Waals surface area (Å²) >= 11 is 0. The largest absolute Gasteiger partial charge is 0.507 e. The Morgan fingerprint density at radius 2 is 1.47 bits per heavy atom. The number of hydrogen-bond donors (Lipinski definition) is 8. The van der Waals surface area contributed by atoms with Crippen molar-refractivity contribution >= 4 is 11.0 Å². The van der Waals surface area contributed by atoms with E-state index in [4.69, 9.17) is 32.8 Å². The van der Waals surface area contributed by atoms with Gasteiger partial charge in [-0.05, 0) is 19.1 Å². The second kappa shape index (κ2) is 13.0. The van der Waals surface area contributed by atoms with Crippen LogP contribution in [0, 0.1) is 0 Å². The first-order valence-corrected chi connectivity index (χ1v) is 13.8. The number of aliphatic hydroxyl groups excluding tert-OH is 6. The highest BCUT2D eigenvalue weighted by Crippen LogP contribution is 2.41. The zero-order chi connectivity index (χ0) is 32.7. The zero-order valence-electron chi connectivity index (χ0n) is 24.2. The topological polar surface area (TPSA) is 247 Å². The van der Waals surface area contributed by atoms with Gasteiger partial charge in [-0.1, -0.05) is 0 Å². The maximum atomic E-state index is 13.0. The normalized spacial score (nSPS) is 31.9. The molecule has 3 heterocycles. The standard InChI is InChI=1S/C29H34O16/c1-10-21(33)24(36)26(38)28(41-10)45-27-25(37)23(35)19(9-30)44-29(27)42-12-6-13(31)20-14(32)8-15(43-16(20)7-12)11-4-17(39-2)22(34)18(5-11)40-3/h4-8,10,19,21,23-31,33-38H,9H2,1-3H3/t10-,19+,21-,23+,24+,25-,26+,27+,28-,29+/m0/s1. The number of phenols is 2. The van der Waals surface area contributed by atoms with Gasteiger partial charge in [0.15, 0.2) is 29.3 Å². The summed E-state index contributed by atoms with van der Waals surface area (Å²) in [6, 6.07) is 6.22. The fraction of sp³-hybridized carbons (Fsp3) is 0.483. The summed E-state index contributed by atoms with van der Waals surface area (Å²) in [4.78, 5) is 13.0. The fourth-order valence-corrected chi connectivity index (χ4v) is 5.20. The summed E-state index contributed by atoms with van der Waals surface area (Å²) in [5, 5.41) is 82.5. The van der Waals surface area contributed by atoms with Gasteiger partial charge in [-0.15, -0.1) is 0 Å². The van der Waals surface area contributed by atoms with Crippen molar-refractivity contribution in [3.05, 3.63) is 40.6 Å². The minimum absolute atomic E-state index is 0.00738. The van der Waals surface area contributed by atoms with E-state index in [0.29, 0.717) is 0 Å². The van der Waals surface area contributed by atoms with Crippen LogP contribution in [0.15, 0.2) is 39.5 Å². The van der Waals surface area contributed by atoms with Crippen LogP contribution in [0.5, 0.6) is 28.7 Å². The van der Waals surface area contributed by atoms with E-state index in [9.17, 15) is 45.6 Å². The van der Waals surface area contributed by atoms with Gasteiger partial charge in [-0.25, -0.2) is 0 Å². The Bertz CT molecular complexity index is 1550. The van der Waals surface area contributed by atoms with Gasteiger partial charge in [-0.2, -0.15) is 0 Å². The molecule has 2 aromatic carbocycles. The first kappa shape index (κ1) is 32.7. The Balaban J connectivity index is 1.50. The maximum Gasteiger partial charge on any atom is 0.229 e. The lowest BCUT2D eigenvalue weighted by molar-refractivity contribution is -0.354. The Labute approximate surface area is 254 Å². The Kier molecular flexibility index (Phi) is 9.41. The number of benzene rings is 2. The Morgan fingerprint density at radius 3 is 2.09 bits per heavy atom. The highest BCUT2D eigenvalue weighted by molar-refractivity contribution is 5.86. The minimum atomic E-state index is -1.78. The molecule has 1 aromatic heterocycles. The molecule has 0 spiro atoms. The molecule has 16 heteroatoms. The predicted molar refractivity (Wildman–Crippen MR) is 150 cm³/mol. The van der Waals surface area contributed by atoms with E-state index in [-0.39, 0.29) is 45.3 Å². The third-order valence-corrected chi connectivity index (χ3v) is 7.72. The SMILES string of the molecule is COc1cc(-c2cc(=O)c3c(O)cc(O[C@@H]4O[C@H](CO)[C@@H](O)[C@H](O)[C@H]4O[C@@H]4O[C@@H](C)[C@H](O)[C@@H](O)[C@H]4O)cc3o2)cc(OC)c1O. The molecule has 10 atom stereocenters. The van der Waals surface area contributed by atoms with Crippen molar-refractivity contribution < 1.29 is 73.7 Å². The van der Waals surface area contributed by atoms with Crippen molar-refractivity contribution in [3.8, 4) is 40.1 Å². The van der Waals surface area contributed by atoms with Crippen molar-refractivity contribution in [1.82, 2.24) is 0 Å². The van der Waals surface area contributed by atoms with Gasteiger partial charge in [-0.3, -0.25) is 4.79 Å². The predicted octanol–water partition coefficient (Wildman–Crippen LogP) is -1.08. The molecule has 45 heavy (non-hydrogen) atoms. The number of rotatable bonds is 8. The number of hydrogen-bond acceptors (Lipinski definition) is 16. The zero-order valence-corrected chi connectivity index (χ0v) is 24.2. The number of aromatic hydroxyl groups is 2. The third-order valence-electron chi connectivity index (χ3n) is 7.72. The summed E-state index contributed by atoms with van der Waals surface area (Å²) in [7, 11) is 2.65. The van der Waals surface area contributed by atoms with E-state index in [1.807, 2.05) is 0 Å². The van der Waals surface area contributed by atoms with E-state index < -0.39 is 79.2 Å². The molecule has 0 amide bonds. The number of fused-ring (bicyclic) bond motifs is 1. The average molecular weight is 639 g/mol. The molecule has 0 bridgehead atoms. The highest BCUT2D eigenvalue weighted by Gasteiger charge is 2.51. The van der Waals surface area contributed by atoms with Crippen molar-refractivity contribution in [2.75, 3.05) is 20.8 Å². The molecule has 3 aromatic rings. The van der Waals surface area contributed by atoms with Crippen molar-refractivity contribution in [1.29, 1.82) is 0 Å². The van der Waals surface area contributed by atoms with Crippen molar-refractivity contribution in [2.24, 2.45) is 0 Å². The Morgan fingerprint density at radius 1 is 0.800 bits per heavy atom. The van der Waals surface area contributed by atoms with Gasteiger partial charge in [0.05, 0.1) is 26.9 Å². The summed E-state index contributed by atoms with van der Waals surface area (Å²) in [6.45, 7) is 0.675. The molecular formula is C29H34O16. The molecule has 0 radical (unpaired) electrons. The molecule has 2 saturated heterocycles. The summed E-state index contributed by atoms with van der Waals surface area (Å²) < 4.78 is 38.9. The van der Waals surface area contributed by atoms with E-state index in [0.717, 1.165) is 12.1 Å². The van der Waals surface area contributed by atoms with Crippen LogP contribution >= 0.6 is 0 Å². The van der Waals surface area contributed by atoms with Crippen LogP contribution in [-0.2, 0) is 14.2 Å². The minimum Gasteiger partial charge on any atom is -0.507 e. The summed E-state index contributed by atoms with van der Waals surface area (Å²) in [5.41, 5.74) is -0.498. The van der Waals surface area contributed by atoms with Crippen molar-refractivity contribution in [2.45, 2.75) is 68.3 Å². The van der Waals surface area contributed by atoms with Crippen LogP contribution in [0.3, 0.4) is 0 Å². The second-order valence-electron chi connectivity index (χ2n) is 10.6. The molecule has 16 nitrogen and oxygen atoms in total. The lowest BCUT2D eigenvalue weighted by Crippen LogP contribution is -2.64. The quantitative estimate of drug-likeness (QED) is 0.146. The lowest BCUT2D eigenvalue weighted by atomic mass is 9.97. The molecule has 0 unspecified atom stereocenters.